The van der Waals surface area contributed by atoms with E-state index in [-0.39, 0.29) is 18.3 Å². The number of ether oxygens (including phenoxy) is 1. The standard InChI is InChI=1S/C21H31N3O3S/c1-5-8-24(10-15(25)12-27-13(2)3)11-18-22-20(26)19-16-7-6-14(4)9-17(16)28-21(19)23-18/h5,13-15,25H,1,6-12H2,2-4H3,(H,22,23,26)/t14-,15-/m1/s1. The number of nitrogens with zero attached hydrogens (tertiary/aromatic N) is 2. The molecule has 28 heavy (non-hydrogen) atoms. The second kappa shape index (κ2) is 9.31. The summed E-state index contributed by atoms with van der Waals surface area (Å²) in [4.78, 5) is 24.6. The van der Waals surface area contributed by atoms with Crippen molar-refractivity contribution in [3.63, 3.8) is 0 Å². The Morgan fingerprint density at radius 2 is 2.29 bits per heavy atom. The van der Waals surface area contributed by atoms with Gasteiger partial charge in [-0.15, -0.1) is 17.9 Å². The predicted molar refractivity (Wildman–Crippen MR) is 114 cm³/mol. The molecule has 1 aliphatic rings. The third-order valence-electron chi connectivity index (χ3n) is 5.07. The highest BCUT2D eigenvalue weighted by atomic mass is 32.1. The minimum absolute atomic E-state index is 0.0469. The second-order valence-electron chi connectivity index (χ2n) is 8.06. The van der Waals surface area contributed by atoms with Gasteiger partial charge in [0.15, 0.2) is 0 Å². The molecule has 0 spiro atoms. The fourth-order valence-corrected chi connectivity index (χ4v) is 5.12. The van der Waals surface area contributed by atoms with Gasteiger partial charge in [0.05, 0.1) is 30.7 Å². The van der Waals surface area contributed by atoms with Crippen LogP contribution in [0.1, 0.15) is 43.5 Å². The van der Waals surface area contributed by atoms with E-state index in [0.29, 0.717) is 31.4 Å². The van der Waals surface area contributed by atoms with Gasteiger partial charge in [0.1, 0.15) is 10.7 Å². The first-order valence-corrected chi connectivity index (χ1v) is 10.8. The van der Waals surface area contributed by atoms with Gasteiger partial charge in [-0.25, -0.2) is 4.98 Å². The van der Waals surface area contributed by atoms with Gasteiger partial charge in [-0.1, -0.05) is 13.0 Å². The summed E-state index contributed by atoms with van der Waals surface area (Å²) in [5.74, 6) is 1.29. The minimum atomic E-state index is -0.603. The summed E-state index contributed by atoms with van der Waals surface area (Å²) in [6.07, 6.45) is 4.39. The number of hydrogen-bond acceptors (Lipinski definition) is 6. The van der Waals surface area contributed by atoms with Crippen molar-refractivity contribution in [1.29, 1.82) is 0 Å². The number of H-pyrrole nitrogens is 1. The third-order valence-corrected chi connectivity index (χ3v) is 6.21. The van der Waals surface area contributed by atoms with E-state index in [1.165, 1.54) is 10.4 Å². The molecule has 154 valence electrons. The van der Waals surface area contributed by atoms with Gasteiger partial charge in [-0.2, -0.15) is 0 Å². The maximum atomic E-state index is 12.8. The Morgan fingerprint density at radius 3 is 3.00 bits per heavy atom. The van der Waals surface area contributed by atoms with E-state index in [1.807, 2.05) is 18.7 Å². The van der Waals surface area contributed by atoms with Crippen molar-refractivity contribution < 1.29 is 9.84 Å². The first-order valence-electron chi connectivity index (χ1n) is 10.0. The van der Waals surface area contributed by atoms with Gasteiger partial charge in [-0.05, 0) is 44.6 Å². The average Bonchev–Trinajstić information content (AvgIpc) is 2.97. The topological polar surface area (TPSA) is 78.5 Å². The molecule has 0 aromatic carbocycles. The molecule has 0 radical (unpaired) electrons. The van der Waals surface area contributed by atoms with E-state index in [4.69, 9.17) is 9.72 Å². The smallest absolute Gasteiger partial charge is 0.259 e. The highest BCUT2D eigenvalue weighted by molar-refractivity contribution is 7.18. The molecule has 0 aliphatic heterocycles. The van der Waals surface area contributed by atoms with Crippen LogP contribution in [0.2, 0.25) is 0 Å². The van der Waals surface area contributed by atoms with Gasteiger partial charge in [0.25, 0.3) is 5.56 Å². The van der Waals surface area contributed by atoms with Crippen molar-refractivity contribution in [2.24, 2.45) is 5.92 Å². The quantitative estimate of drug-likeness (QED) is 0.627. The van der Waals surface area contributed by atoms with Crippen LogP contribution in [0.25, 0.3) is 10.2 Å². The number of aromatic nitrogens is 2. The molecule has 0 bridgehead atoms. The minimum Gasteiger partial charge on any atom is -0.389 e. The molecule has 2 N–H and O–H groups in total. The Hall–Kier alpha value is -1.54. The molecule has 3 rings (SSSR count). The van der Waals surface area contributed by atoms with Crippen molar-refractivity contribution in [1.82, 2.24) is 14.9 Å². The first kappa shape index (κ1) is 21.2. The number of aliphatic hydroxyl groups excluding tert-OH is 1. The Labute approximate surface area is 170 Å². The van der Waals surface area contributed by atoms with Crippen LogP contribution in [0.4, 0.5) is 0 Å². The van der Waals surface area contributed by atoms with E-state index in [1.54, 1.807) is 17.4 Å². The van der Waals surface area contributed by atoms with Crippen LogP contribution in [0.15, 0.2) is 17.4 Å². The number of aromatic amines is 1. The molecule has 2 heterocycles. The van der Waals surface area contributed by atoms with Crippen molar-refractivity contribution in [2.45, 2.75) is 58.8 Å². The van der Waals surface area contributed by atoms with E-state index < -0.39 is 6.10 Å². The molecule has 0 saturated heterocycles. The molecule has 1 aliphatic carbocycles. The average molecular weight is 406 g/mol. The summed E-state index contributed by atoms with van der Waals surface area (Å²) in [5.41, 5.74) is 1.15. The number of nitrogens with one attached hydrogen (secondary N) is 1. The molecule has 2 atom stereocenters. The molecule has 6 nitrogen and oxygen atoms in total. The Balaban J connectivity index is 1.78. The van der Waals surface area contributed by atoms with Gasteiger partial charge >= 0.3 is 0 Å². The summed E-state index contributed by atoms with van der Waals surface area (Å²) in [6, 6.07) is 0. The lowest BCUT2D eigenvalue weighted by molar-refractivity contribution is -0.00834. The Bertz CT molecular complexity index is 874. The first-order chi connectivity index (χ1) is 13.4. The van der Waals surface area contributed by atoms with Crippen LogP contribution < -0.4 is 5.56 Å². The van der Waals surface area contributed by atoms with E-state index >= 15 is 0 Å². The summed E-state index contributed by atoms with van der Waals surface area (Å²) in [7, 11) is 0. The number of aryl methyl sites for hydroxylation is 1. The molecule has 2 aromatic rings. The number of fused-ring (bicyclic) bond motifs is 3. The normalized spacial score (nSPS) is 18.0. The van der Waals surface area contributed by atoms with Crippen LogP contribution in [-0.2, 0) is 24.1 Å². The molecular weight excluding hydrogens is 374 g/mol. The number of hydrogen-bond donors (Lipinski definition) is 2. The van der Waals surface area contributed by atoms with Crippen LogP contribution in [0.3, 0.4) is 0 Å². The van der Waals surface area contributed by atoms with Gasteiger partial charge in [0.2, 0.25) is 0 Å². The maximum absolute atomic E-state index is 12.8. The third kappa shape index (κ3) is 5.08. The highest BCUT2D eigenvalue weighted by Gasteiger charge is 2.23. The van der Waals surface area contributed by atoms with E-state index in [9.17, 15) is 9.90 Å². The summed E-state index contributed by atoms with van der Waals surface area (Å²) < 4.78 is 5.49. The van der Waals surface area contributed by atoms with Crippen LogP contribution >= 0.6 is 11.3 Å². The monoisotopic (exact) mass is 405 g/mol. The fraction of sp³-hybridized carbons (Fsp3) is 0.619. The van der Waals surface area contributed by atoms with Gasteiger partial charge in [-0.3, -0.25) is 9.69 Å². The number of aliphatic hydroxyl groups is 1. The summed E-state index contributed by atoms with van der Waals surface area (Å²) in [6.45, 7) is 11.7. The zero-order chi connectivity index (χ0) is 20.3. The lowest BCUT2D eigenvalue weighted by atomic mass is 9.89. The fourth-order valence-electron chi connectivity index (χ4n) is 3.72. The van der Waals surface area contributed by atoms with Crippen molar-refractivity contribution in [2.75, 3.05) is 19.7 Å². The number of thiophene rings is 1. The molecule has 2 aromatic heterocycles. The van der Waals surface area contributed by atoms with Crippen molar-refractivity contribution in [3.05, 3.63) is 39.3 Å². The lowest BCUT2D eigenvalue weighted by Gasteiger charge is -2.23. The zero-order valence-electron chi connectivity index (χ0n) is 17.0. The van der Waals surface area contributed by atoms with Gasteiger partial charge < -0.3 is 14.8 Å². The molecule has 0 unspecified atom stereocenters. The van der Waals surface area contributed by atoms with Crippen LogP contribution in [-0.4, -0.2) is 51.9 Å². The maximum Gasteiger partial charge on any atom is 0.259 e. The lowest BCUT2D eigenvalue weighted by Crippen LogP contribution is -2.36. The summed E-state index contributed by atoms with van der Waals surface area (Å²) in [5, 5.41) is 11.0. The van der Waals surface area contributed by atoms with Crippen LogP contribution in [0.5, 0.6) is 0 Å². The molecule has 0 saturated carbocycles. The van der Waals surface area contributed by atoms with Crippen molar-refractivity contribution >= 4 is 21.6 Å². The Kier molecular flexibility index (Phi) is 7.04. The SMILES string of the molecule is C=CCN(Cc1nc2sc3c(c2c(=O)[nH]1)CC[C@@H](C)C3)C[C@@H](O)COC(C)C. The van der Waals surface area contributed by atoms with E-state index in [2.05, 4.69) is 18.5 Å². The molecular formula is C21H31N3O3S. The second-order valence-corrected chi connectivity index (χ2v) is 9.15. The van der Waals surface area contributed by atoms with Crippen LogP contribution in [0, 0.1) is 5.92 Å². The predicted octanol–water partition coefficient (Wildman–Crippen LogP) is 2.88. The van der Waals surface area contributed by atoms with E-state index in [0.717, 1.165) is 29.5 Å². The number of rotatable bonds is 9. The zero-order valence-corrected chi connectivity index (χ0v) is 17.8. The molecule has 0 fully saturated rings. The molecule has 0 amide bonds. The highest BCUT2D eigenvalue weighted by Crippen LogP contribution is 2.35. The largest absolute Gasteiger partial charge is 0.389 e. The molecule has 7 heteroatoms. The summed E-state index contributed by atoms with van der Waals surface area (Å²) >= 11 is 1.66. The van der Waals surface area contributed by atoms with Gasteiger partial charge in [0, 0.05) is 18.0 Å². The van der Waals surface area contributed by atoms with Crippen molar-refractivity contribution in [3.8, 4) is 0 Å². The Morgan fingerprint density at radius 1 is 1.50 bits per heavy atom.